The van der Waals surface area contributed by atoms with Crippen LogP contribution in [0.4, 0.5) is 4.79 Å². The lowest BCUT2D eigenvalue weighted by molar-refractivity contribution is -0.134. The van der Waals surface area contributed by atoms with Crippen molar-refractivity contribution in [3.8, 4) is 11.5 Å². The van der Waals surface area contributed by atoms with Gasteiger partial charge in [-0.05, 0) is 30.7 Å². The second kappa shape index (κ2) is 7.29. The number of amides is 4. The molecule has 1 atom stereocenters. The van der Waals surface area contributed by atoms with Crippen LogP contribution >= 0.6 is 11.6 Å². The van der Waals surface area contributed by atoms with E-state index in [1.54, 1.807) is 49.4 Å². The summed E-state index contributed by atoms with van der Waals surface area (Å²) in [6, 6.07) is 11.5. The molecular formula is C20H18ClN3O5. The van der Waals surface area contributed by atoms with Crippen LogP contribution in [0.15, 0.2) is 42.5 Å². The summed E-state index contributed by atoms with van der Waals surface area (Å²) in [6.07, 6.45) is 0. The first-order chi connectivity index (χ1) is 13.9. The smallest absolute Gasteiger partial charge is 0.325 e. The van der Waals surface area contributed by atoms with E-state index in [0.29, 0.717) is 22.1 Å². The minimum Gasteiger partial charge on any atom is -0.454 e. The van der Waals surface area contributed by atoms with E-state index in [4.69, 9.17) is 21.1 Å². The summed E-state index contributed by atoms with van der Waals surface area (Å²) in [5.74, 6) is 0.267. The number of hydrogen-bond acceptors (Lipinski definition) is 5. The first-order valence-electron chi connectivity index (χ1n) is 8.93. The maximum absolute atomic E-state index is 12.9. The van der Waals surface area contributed by atoms with Gasteiger partial charge >= 0.3 is 6.03 Å². The highest BCUT2D eigenvalue weighted by Gasteiger charge is 2.50. The molecule has 0 aliphatic carbocycles. The first kappa shape index (κ1) is 19.1. The Bertz CT molecular complexity index is 1010. The number of rotatable bonds is 5. The molecule has 0 unspecified atom stereocenters. The molecule has 0 saturated carbocycles. The zero-order valence-corrected chi connectivity index (χ0v) is 16.3. The fraction of sp³-hybridized carbons (Fsp3) is 0.250. The Hall–Kier alpha value is -3.26. The van der Waals surface area contributed by atoms with E-state index in [1.165, 1.54) is 0 Å². The molecule has 2 aromatic rings. The summed E-state index contributed by atoms with van der Waals surface area (Å²) >= 11 is 6.20. The van der Waals surface area contributed by atoms with Crippen LogP contribution in [0.25, 0.3) is 0 Å². The largest absolute Gasteiger partial charge is 0.454 e. The van der Waals surface area contributed by atoms with E-state index in [1.807, 2.05) is 0 Å². The molecule has 9 heteroatoms. The number of hydrogen-bond donors (Lipinski definition) is 2. The molecule has 0 radical (unpaired) electrons. The highest BCUT2D eigenvalue weighted by molar-refractivity contribution is 6.32. The van der Waals surface area contributed by atoms with Crippen molar-refractivity contribution in [3.05, 3.63) is 58.6 Å². The number of carbonyl (C=O) groups is 3. The molecular weight excluding hydrogens is 398 g/mol. The molecule has 1 saturated heterocycles. The van der Waals surface area contributed by atoms with Crippen molar-refractivity contribution in [3.63, 3.8) is 0 Å². The topological polar surface area (TPSA) is 97.0 Å². The molecule has 150 valence electrons. The quantitative estimate of drug-likeness (QED) is 0.729. The van der Waals surface area contributed by atoms with E-state index in [-0.39, 0.29) is 13.3 Å². The number of ether oxygens (including phenoxy) is 2. The van der Waals surface area contributed by atoms with Crippen molar-refractivity contribution in [2.45, 2.75) is 19.0 Å². The second-order valence-electron chi connectivity index (χ2n) is 6.89. The number of imide groups is 1. The van der Waals surface area contributed by atoms with Gasteiger partial charge in [0.05, 0.1) is 0 Å². The summed E-state index contributed by atoms with van der Waals surface area (Å²) in [5, 5.41) is 5.70. The highest BCUT2D eigenvalue weighted by atomic mass is 35.5. The Kier molecular flexibility index (Phi) is 4.79. The van der Waals surface area contributed by atoms with Crippen LogP contribution in [0.1, 0.15) is 18.1 Å². The number of urea groups is 1. The van der Waals surface area contributed by atoms with Gasteiger partial charge in [0, 0.05) is 17.1 Å². The lowest BCUT2D eigenvalue weighted by atomic mass is 9.92. The third kappa shape index (κ3) is 3.47. The SMILES string of the molecule is C[C@]1(c2ccccc2Cl)NC(=O)N(CC(=O)NCc2ccc3c(c2)OCO3)C1=O. The maximum atomic E-state index is 12.9. The van der Waals surface area contributed by atoms with Crippen molar-refractivity contribution < 1.29 is 23.9 Å². The van der Waals surface area contributed by atoms with Gasteiger partial charge in [0.2, 0.25) is 12.7 Å². The van der Waals surface area contributed by atoms with Crippen LogP contribution in [-0.2, 0) is 21.7 Å². The zero-order valence-electron chi connectivity index (χ0n) is 15.5. The Labute approximate surface area is 171 Å². The van der Waals surface area contributed by atoms with E-state index in [0.717, 1.165) is 10.5 Å². The first-order valence-corrected chi connectivity index (χ1v) is 9.30. The summed E-state index contributed by atoms with van der Waals surface area (Å²) < 4.78 is 10.6. The Balaban J connectivity index is 1.41. The average Bonchev–Trinajstić information content (AvgIpc) is 3.25. The molecule has 2 aliphatic heterocycles. The van der Waals surface area contributed by atoms with Crippen LogP contribution in [0.2, 0.25) is 5.02 Å². The van der Waals surface area contributed by atoms with Crippen molar-refractivity contribution in [2.24, 2.45) is 0 Å². The van der Waals surface area contributed by atoms with Gasteiger partial charge in [-0.2, -0.15) is 0 Å². The minimum absolute atomic E-state index is 0.168. The highest BCUT2D eigenvalue weighted by Crippen LogP contribution is 2.34. The van der Waals surface area contributed by atoms with Gasteiger partial charge in [-0.25, -0.2) is 4.79 Å². The van der Waals surface area contributed by atoms with Crippen LogP contribution < -0.4 is 20.1 Å². The number of fused-ring (bicyclic) bond motifs is 1. The lowest BCUT2D eigenvalue weighted by Gasteiger charge is -2.23. The standard InChI is InChI=1S/C20H18ClN3O5/c1-20(13-4-2-3-5-14(13)21)18(26)24(19(27)23-20)10-17(25)22-9-12-6-7-15-16(8-12)29-11-28-15/h2-8H,9-11H2,1H3,(H,22,25)(H,23,27)/t20-/m1/s1. The van der Waals surface area contributed by atoms with Gasteiger partial charge in [-0.3, -0.25) is 14.5 Å². The van der Waals surface area contributed by atoms with Gasteiger partial charge in [0.1, 0.15) is 12.1 Å². The third-order valence-electron chi connectivity index (χ3n) is 4.92. The number of nitrogens with one attached hydrogen (secondary N) is 2. The van der Waals surface area contributed by atoms with Gasteiger partial charge in [0.15, 0.2) is 11.5 Å². The molecule has 2 heterocycles. The number of nitrogens with zero attached hydrogens (tertiary/aromatic N) is 1. The molecule has 2 aromatic carbocycles. The van der Waals surface area contributed by atoms with Crippen LogP contribution in [0.3, 0.4) is 0 Å². The molecule has 0 spiro atoms. The van der Waals surface area contributed by atoms with Crippen molar-refractivity contribution in [1.29, 1.82) is 0 Å². The second-order valence-corrected chi connectivity index (χ2v) is 7.30. The van der Waals surface area contributed by atoms with Crippen LogP contribution in [0.5, 0.6) is 11.5 Å². The summed E-state index contributed by atoms with van der Waals surface area (Å²) in [6.45, 7) is 1.57. The zero-order chi connectivity index (χ0) is 20.6. The van der Waals surface area contributed by atoms with Gasteiger partial charge in [0.25, 0.3) is 5.91 Å². The molecule has 1 fully saturated rings. The fourth-order valence-electron chi connectivity index (χ4n) is 3.34. The summed E-state index contributed by atoms with van der Waals surface area (Å²) in [5.41, 5.74) is -0.0449. The molecule has 2 N–H and O–H groups in total. The van der Waals surface area contributed by atoms with Crippen LogP contribution in [0, 0.1) is 0 Å². The maximum Gasteiger partial charge on any atom is 0.325 e. The van der Waals surface area contributed by atoms with E-state index in [2.05, 4.69) is 10.6 Å². The van der Waals surface area contributed by atoms with Gasteiger partial charge < -0.3 is 20.1 Å². The molecule has 4 amide bonds. The van der Waals surface area contributed by atoms with Gasteiger partial charge in [-0.1, -0.05) is 35.9 Å². The Morgan fingerprint density at radius 1 is 1.21 bits per heavy atom. The molecule has 29 heavy (non-hydrogen) atoms. The van der Waals surface area contributed by atoms with E-state index < -0.39 is 29.9 Å². The number of halogens is 1. The Morgan fingerprint density at radius 2 is 1.97 bits per heavy atom. The minimum atomic E-state index is -1.33. The summed E-state index contributed by atoms with van der Waals surface area (Å²) in [4.78, 5) is 38.5. The lowest BCUT2D eigenvalue weighted by Crippen LogP contribution is -2.43. The normalized spacial score (nSPS) is 20.0. The molecule has 4 rings (SSSR count). The molecule has 0 bridgehead atoms. The molecule has 2 aliphatic rings. The predicted octanol–water partition coefficient (Wildman–Crippen LogP) is 2.15. The number of benzene rings is 2. The average molecular weight is 416 g/mol. The van der Waals surface area contributed by atoms with Crippen LogP contribution in [-0.4, -0.2) is 36.1 Å². The molecule has 8 nitrogen and oxygen atoms in total. The monoisotopic (exact) mass is 415 g/mol. The third-order valence-corrected chi connectivity index (χ3v) is 5.25. The van der Waals surface area contributed by atoms with E-state index in [9.17, 15) is 14.4 Å². The van der Waals surface area contributed by atoms with Gasteiger partial charge in [-0.15, -0.1) is 0 Å². The predicted molar refractivity (Wildman–Crippen MR) is 103 cm³/mol. The van der Waals surface area contributed by atoms with Crippen molar-refractivity contribution in [1.82, 2.24) is 15.5 Å². The molecule has 0 aromatic heterocycles. The number of carbonyl (C=O) groups excluding carboxylic acids is 3. The Morgan fingerprint density at radius 3 is 2.76 bits per heavy atom. The summed E-state index contributed by atoms with van der Waals surface area (Å²) in [7, 11) is 0. The fourth-order valence-corrected chi connectivity index (χ4v) is 3.67. The van der Waals surface area contributed by atoms with Crippen molar-refractivity contribution >= 4 is 29.4 Å². The van der Waals surface area contributed by atoms with Crippen molar-refractivity contribution in [2.75, 3.05) is 13.3 Å². The van der Waals surface area contributed by atoms with E-state index >= 15 is 0 Å².